The van der Waals surface area contributed by atoms with E-state index in [2.05, 4.69) is 0 Å². The van der Waals surface area contributed by atoms with Crippen molar-refractivity contribution in [1.82, 2.24) is 8.61 Å². The summed E-state index contributed by atoms with van der Waals surface area (Å²) in [5, 5.41) is 0. The highest BCUT2D eigenvalue weighted by Gasteiger charge is 2.65. The van der Waals surface area contributed by atoms with Gasteiger partial charge in [0.1, 0.15) is 19.0 Å². The van der Waals surface area contributed by atoms with Crippen LogP contribution in [0.25, 0.3) is 0 Å². The maximum atomic E-state index is 13.3. The lowest BCUT2D eigenvalue weighted by Gasteiger charge is -2.39. The first-order chi connectivity index (χ1) is 15.5. The van der Waals surface area contributed by atoms with E-state index in [1.807, 2.05) is 13.8 Å². The van der Waals surface area contributed by atoms with Crippen LogP contribution in [0.3, 0.4) is 0 Å². The molecule has 2 bridgehead atoms. The Morgan fingerprint density at radius 3 is 2.21 bits per heavy atom. The largest absolute Gasteiger partial charge is 0.486 e. The molecular weight excluding hydrogens is 468 g/mol. The standard InChI is InChI=1S/C22H30N2O7S2/c1-21(2)16-5-6-22(21,20(25)13-16)15-32(26,27)23-7-9-24(10-8-23)33(28,29)17-3-4-18-19(14-17)31-12-11-30-18/h3-4,14,16H,5-13,15H2,1-2H3. The fourth-order valence-corrected chi connectivity index (χ4v) is 9.67. The van der Waals surface area contributed by atoms with Gasteiger partial charge in [-0.1, -0.05) is 13.8 Å². The first-order valence-electron chi connectivity index (χ1n) is 11.4. The third-order valence-electron chi connectivity index (χ3n) is 8.31. The second-order valence-electron chi connectivity index (χ2n) is 10.0. The first-order valence-corrected chi connectivity index (χ1v) is 14.4. The van der Waals surface area contributed by atoms with Gasteiger partial charge in [-0.15, -0.1) is 0 Å². The number of nitrogens with zero attached hydrogens (tertiary/aromatic N) is 2. The minimum absolute atomic E-state index is 0.0585. The molecule has 1 saturated heterocycles. The Labute approximate surface area is 195 Å². The number of piperazine rings is 1. The molecule has 2 saturated carbocycles. The molecule has 1 aromatic carbocycles. The monoisotopic (exact) mass is 498 g/mol. The minimum Gasteiger partial charge on any atom is -0.486 e. The second kappa shape index (κ2) is 7.66. The van der Waals surface area contributed by atoms with Crippen LogP contribution >= 0.6 is 0 Å². The minimum atomic E-state index is -3.80. The second-order valence-corrected chi connectivity index (χ2v) is 13.9. The molecule has 182 valence electrons. The van der Waals surface area contributed by atoms with E-state index < -0.39 is 25.5 Å². The SMILES string of the molecule is CC1(C)C2CCC1(CS(=O)(=O)N1CCN(S(=O)(=O)c3ccc4c(c3)OCCO4)CC1)C(=O)C2. The van der Waals surface area contributed by atoms with Crippen molar-refractivity contribution in [3.8, 4) is 11.5 Å². The summed E-state index contributed by atoms with van der Waals surface area (Å²) < 4.78 is 66.6. The van der Waals surface area contributed by atoms with Crippen molar-refractivity contribution < 1.29 is 31.1 Å². The predicted molar refractivity (Wildman–Crippen MR) is 120 cm³/mol. The van der Waals surface area contributed by atoms with Crippen LogP contribution in [0.5, 0.6) is 11.5 Å². The molecule has 3 fully saturated rings. The number of carbonyl (C=O) groups is 1. The number of fused-ring (bicyclic) bond motifs is 3. The van der Waals surface area contributed by atoms with Crippen molar-refractivity contribution in [2.75, 3.05) is 45.1 Å². The molecule has 0 radical (unpaired) electrons. The van der Waals surface area contributed by atoms with Crippen molar-refractivity contribution in [2.45, 2.75) is 38.0 Å². The molecule has 2 heterocycles. The van der Waals surface area contributed by atoms with Crippen LogP contribution in [-0.2, 0) is 24.8 Å². The van der Waals surface area contributed by atoms with E-state index >= 15 is 0 Å². The summed E-state index contributed by atoms with van der Waals surface area (Å²) in [5.41, 5.74) is -1.16. The average molecular weight is 499 g/mol. The Bertz CT molecular complexity index is 1190. The lowest BCUT2D eigenvalue weighted by Crippen LogP contribution is -2.53. The summed E-state index contributed by atoms with van der Waals surface area (Å²) >= 11 is 0. The summed E-state index contributed by atoms with van der Waals surface area (Å²) in [5.74, 6) is 1.02. The zero-order valence-corrected chi connectivity index (χ0v) is 20.6. The number of ether oxygens (including phenoxy) is 2. The highest BCUT2D eigenvalue weighted by molar-refractivity contribution is 7.89. The Kier molecular flexibility index (Phi) is 5.35. The smallest absolute Gasteiger partial charge is 0.243 e. The van der Waals surface area contributed by atoms with E-state index in [-0.39, 0.29) is 53.9 Å². The molecule has 1 aromatic rings. The number of hydrogen-bond acceptors (Lipinski definition) is 7. The quantitative estimate of drug-likeness (QED) is 0.605. The van der Waals surface area contributed by atoms with Crippen LogP contribution < -0.4 is 9.47 Å². The molecule has 5 rings (SSSR count). The summed E-state index contributed by atoms with van der Waals surface area (Å²) in [6.45, 7) is 5.06. The van der Waals surface area contributed by atoms with Crippen molar-refractivity contribution >= 4 is 25.8 Å². The van der Waals surface area contributed by atoms with Gasteiger partial charge in [0.15, 0.2) is 11.5 Å². The zero-order chi connectivity index (χ0) is 23.6. The van der Waals surface area contributed by atoms with E-state index in [0.717, 1.165) is 6.42 Å². The highest BCUT2D eigenvalue weighted by Crippen LogP contribution is 2.64. The number of hydrogen-bond donors (Lipinski definition) is 0. The summed E-state index contributed by atoms with van der Waals surface area (Å²) in [6.07, 6.45) is 1.96. The van der Waals surface area contributed by atoms with E-state index in [9.17, 15) is 21.6 Å². The molecule has 0 amide bonds. The highest BCUT2D eigenvalue weighted by atomic mass is 32.2. The van der Waals surface area contributed by atoms with Gasteiger partial charge in [-0.25, -0.2) is 16.8 Å². The Balaban J connectivity index is 1.29. The molecule has 2 aliphatic carbocycles. The topological polar surface area (TPSA) is 110 Å². The molecule has 0 spiro atoms. The maximum Gasteiger partial charge on any atom is 0.243 e. The van der Waals surface area contributed by atoms with E-state index in [1.165, 1.54) is 20.7 Å². The Hall–Kier alpha value is -1.69. The number of Topliss-reactive ketones (excluding diaryl/α,β-unsaturated/α-hetero) is 1. The molecule has 2 aliphatic heterocycles. The van der Waals surface area contributed by atoms with Gasteiger partial charge in [0.2, 0.25) is 20.0 Å². The van der Waals surface area contributed by atoms with Crippen molar-refractivity contribution in [2.24, 2.45) is 16.7 Å². The molecular formula is C22H30N2O7S2. The molecule has 2 unspecified atom stereocenters. The van der Waals surface area contributed by atoms with Gasteiger partial charge >= 0.3 is 0 Å². The lowest BCUT2D eigenvalue weighted by atomic mass is 9.70. The number of sulfonamides is 2. The maximum absolute atomic E-state index is 13.3. The van der Waals surface area contributed by atoms with Gasteiger partial charge in [0.25, 0.3) is 0 Å². The van der Waals surface area contributed by atoms with Crippen LogP contribution in [0.4, 0.5) is 0 Å². The average Bonchev–Trinajstić information content (AvgIpc) is 3.13. The normalized spacial score (nSPS) is 30.0. The summed E-state index contributed by atoms with van der Waals surface area (Å²) in [7, 11) is -7.51. The molecule has 9 nitrogen and oxygen atoms in total. The number of benzene rings is 1. The molecule has 4 aliphatic rings. The van der Waals surface area contributed by atoms with Crippen molar-refractivity contribution in [3.63, 3.8) is 0 Å². The third-order valence-corrected chi connectivity index (χ3v) is 12.2. The Morgan fingerprint density at radius 2 is 1.61 bits per heavy atom. The Morgan fingerprint density at radius 1 is 0.970 bits per heavy atom. The number of carbonyl (C=O) groups excluding carboxylic acids is 1. The van der Waals surface area contributed by atoms with E-state index in [0.29, 0.717) is 37.6 Å². The molecule has 0 N–H and O–H groups in total. The zero-order valence-electron chi connectivity index (χ0n) is 18.9. The fourth-order valence-electron chi connectivity index (χ4n) is 6.03. The van der Waals surface area contributed by atoms with Gasteiger partial charge in [0.05, 0.1) is 10.6 Å². The van der Waals surface area contributed by atoms with Gasteiger partial charge in [-0.3, -0.25) is 4.79 Å². The first kappa shape index (κ1) is 23.1. The third kappa shape index (κ3) is 3.50. The summed E-state index contributed by atoms with van der Waals surface area (Å²) in [4.78, 5) is 12.9. The molecule has 33 heavy (non-hydrogen) atoms. The van der Waals surface area contributed by atoms with Gasteiger partial charge in [0, 0.05) is 44.1 Å². The van der Waals surface area contributed by atoms with Crippen LogP contribution in [-0.4, -0.2) is 76.4 Å². The van der Waals surface area contributed by atoms with Crippen LogP contribution in [0, 0.1) is 16.7 Å². The fraction of sp³-hybridized carbons (Fsp3) is 0.682. The van der Waals surface area contributed by atoms with Gasteiger partial charge < -0.3 is 9.47 Å². The van der Waals surface area contributed by atoms with Gasteiger partial charge in [-0.2, -0.15) is 8.61 Å². The number of rotatable bonds is 5. The van der Waals surface area contributed by atoms with Crippen molar-refractivity contribution in [3.05, 3.63) is 18.2 Å². The summed E-state index contributed by atoms with van der Waals surface area (Å²) in [6, 6.07) is 4.52. The molecule has 11 heteroatoms. The van der Waals surface area contributed by atoms with Crippen LogP contribution in [0.15, 0.2) is 23.1 Å². The lowest BCUT2D eigenvalue weighted by molar-refractivity contribution is -0.128. The van der Waals surface area contributed by atoms with Gasteiger partial charge in [-0.05, 0) is 36.3 Å². The van der Waals surface area contributed by atoms with E-state index in [1.54, 1.807) is 6.07 Å². The molecule has 2 atom stereocenters. The predicted octanol–water partition coefficient (Wildman–Crippen LogP) is 1.49. The van der Waals surface area contributed by atoms with Crippen LogP contribution in [0.1, 0.15) is 33.1 Å². The van der Waals surface area contributed by atoms with Crippen LogP contribution in [0.2, 0.25) is 0 Å². The van der Waals surface area contributed by atoms with Crippen molar-refractivity contribution in [1.29, 1.82) is 0 Å². The van der Waals surface area contributed by atoms with E-state index in [4.69, 9.17) is 9.47 Å². The number of ketones is 1. The molecule has 0 aromatic heterocycles.